The highest BCUT2D eigenvalue weighted by Crippen LogP contribution is 2.41. The second kappa shape index (κ2) is 4.80. The van der Waals surface area contributed by atoms with E-state index < -0.39 is 0 Å². The minimum Gasteiger partial charge on any atom is -0.381 e. The molecular weight excluding hydrogens is 268 g/mol. The summed E-state index contributed by atoms with van der Waals surface area (Å²) in [6.45, 7) is 2.18. The van der Waals surface area contributed by atoms with Gasteiger partial charge in [-0.2, -0.15) is 0 Å². The van der Waals surface area contributed by atoms with Crippen LogP contribution in [0.4, 0.5) is 5.69 Å². The van der Waals surface area contributed by atoms with Gasteiger partial charge in [-0.15, -0.1) is 0 Å². The number of fused-ring (bicyclic) bond motifs is 3. The molecule has 2 aliphatic heterocycles. The zero-order valence-corrected chi connectivity index (χ0v) is 12.0. The van der Waals surface area contributed by atoms with Gasteiger partial charge in [-0.3, -0.25) is 0 Å². The molecule has 0 spiro atoms. The van der Waals surface area contributed by atoms with Gasteiger partial charge in [0.2, 0.25) is 0 Å². The number of benzene rings is 2. The summed E-state index contributed by atoms with van der Waals surface area (Å²) in [5.41, 5.74) is 5.05. The van der Waals surface area contributed by atoms with Gasteiger partial charge in [0, 0.05) is 34.8 Å². The third-order valence-corrected chi connectivity index (χ3v) is 4.79. The van der Waals surface area contributed by atoms with Gasteiger partial charge in [-0.25, -0.2) is 0 Å². The first kappa shape index (κ1) is 12.2. The Kier molecular flexibility index (Phi) is 2.94. The summed E-state index contributed by atoms with van der Waals surface area (Å²) in [5.74, 6) is 0.584. The van der Waals surface area contributed by atoms with E-state index in [-0.39, 0.29) is 0 Å². The van der Waals surface area contributed by atoms with Crippen LogP contribution in [-0.4, -0.2) is 19.1 Å². The van der Waals surface area contributed by atoms with Crippen LogP contribution in [0, 0.1) is 0 Å². The Morgan fingerprint density at radius 2 is 2.00 bits per heavy atom. The first-order chi connectivity index (χ1) is 9.83. The van der Waals surface area contributed by atoms with Crippen LogP contribution in [0.5, 0.6) is 0 Å². The Hall–Kier alpha value is -1.51. The van der Waals surface area contributed by atoms with Crippen molar-refractivity contribution in [1.82, 2.24) is 5.32 Å². The highest BCUT2D eigenvalue weighted by molar-refractivity contribution is 6.33. The number of rotatable bonds is 1. The van der Waals surface area contributed by atoms with Crippen LogP contribution in [0.15, 0.2) is 42.5 Å². The molecule has 0 saturated carbocycles. The number of hydrogen-bond acceptors (Lipinski definition) is 2. The molecule has 2 N–H and O–H groups in total. The van der Waals surface area contributed by atoms with Gasteiger partial charge in [0.15, 0.2) is 0 Å². The summed E-state index contributed by atoms with van der Waals surface area (Å²) in [4.78, 5) is 0. The lowest BCUT2D eigenvalue weighted by molar-refractivity contribution is 0.440. The molecule has 102 valence electrons. The van der Waals surface area contributed by atoms with Crippen LogP contribution in [0.2, 0.25) is 5.02 Å². The lowest BCUT2D eigenvalue weighted by Gasteiger charge is -2.26. The monoisotopic (exact) mass is 284 g/mol. The lowest BCUT2D eigenvalue weighted by Crippen LogP contribution is -2.38. The molecule has 1 saturated heterocycles. The minimum atomic E-state index is 0.584. The van der Waals surface area contributed by atoms with E-state index in [0.29, 0.717) is 12.0 Å². The van der Waals surface area contributed by atoms with Crippen molar-refractivity contribution < 1.29 is 0 Å². The predicted octanol–water partition coefficient (Wildman–Crippen LogP) is 3.88. The summed E-state index contributed by atoms with van der Waals surface area (Å²) < 4.78 is 0. The second-order valence-electron chi connectivity index (χ2n) is 5.63. The maximum Gasteiger partial charge on any atom is 0.0484 e. The first-order valence-corrected chi connectivity index (χ1v) is 7.57. The van der Waals surface area contributed by atoms with Crippen molar-refractivity contribution in [1.29, 1.82) is 0 Å². The van der Waals surface area contributed by atoms with E-state index in [4.69, 9.17) is 11.6 Å². The van der Waals surface area contributed by atoms with Crippen LogP contribution in [0.25, 0.3) is 11.1 Å². The summed E-state index contributed by atoms with van der Waals surface area (Å²) in [6, 6.07) is 15.3. The third kappa shape index (κ3) is 1.91. The Bertz CT molecular complexity index is 653. The molecule has 2 aliphatic rings. The van der Waals surface area contributed by atoms with Crippen LogP contribution in [-0.2, 0) is 0 Å². The number of hydrogen-bond donors (Lipinski definition) is 2. The number of halogens is 1. The van der Waals surface area contributed by atoms with Crippen LogP contribution in [0.1, 0.15) is 17.9 Å². The molecule has 2 heterocycles. The zero-order valence-electron chi connectivity index (χ0n) is 11.2. The lowest BCUT2D eigenvalue weighted by atomic mass is 9.89. The molecule has 0 amide bonds. The van der Waals surface area contributed by atoms with Crippen LogP contribution < -0.4 is 10.6 Å². The highest BCUT2D eigenvalue weighted by Gasteiger charge is 2.33. The van der Waals surface area contributed by atoms with Crippen molar-refractivity contribution in [3.63, 3.8) is 0 Å². The average molecular weight is 285 g/mol. The van der Waals surface area contributed by atoms with Gasteiger partial charge >= 0.3 is 0 Å². The Balaban J connectivity index is 1.77. The quantitative estimate of drug-likeness (QED) is 0.830. The first-order valence-electron chi connectivity index (χ1n) is 7.19. The van der Waals surface area contributed by atoms with Crippen molar-refractivity contribution >= 4 is 17.3 Å². The van der Waals surface area contributed by atoms with Crippen LogP contribution in [0.3, 0.4) is 0 Å². The number of piperidine rings is 1. The van der Waals surface area contributed by atoms with Gasteiger partial charge in [0.25, 0.3) is 0 Å². The van der Waals surface area contributed by atoms with Crippen molar-refractivity contribution in [3.8, 4) is 11.1 Å². The fraction of sp³-hybridized carbons (Fsp3) is 0.294. The Morgan fingerprint density at radius 3 is 2.90 bits per heavy atom. The third-order valence-electron chi connectivity index (χ3n) is 4.46. The number of anilines is 1. The second-order valence-corrected chi connectivity index (χ2v) is 6.04. The molecule has 0 bridgehead atoms. The standard InChI is InChI=1S/C17H17ClN2/c18-15-4-2-1-3-12(15)11-5-6-16-13(9-11)14-10-19-8-7-17(14)20-16/h1-6,9,14,17,19-20H,7-8,10H2/t14-,17-/m0/s1. The van der Waals surface area contributed by atoms with Gasteiger partial charge in [-0.1, -0.05) is 35.9 Å². The molecule has 0 radical (unpaired) electrons. The summed E-state index contributed by atoms with van der Waals surface area (Å²) in [5, 5.41) is 7.97. The molecule has 2 aromatic rings. The van der Waals surface area contributed by atoms with E-state index in [2.05, 4.69) is 34.9 Å². The molecule has 0 aliphatic carbocycles. The highest BCUT2D eigenvalue weighted by atomic mass is 35.5. The molecule has 1 fully saturated rings. The number of nitrogens with one attached hydrogen (secondary N) is 2. The average Bonchev–Trinajstić information content (AvgIpc) is 2.85. The van der Waals surface area contributed by atoms with E-state index in [1.807, 2.05) is 18.2 Å². The van der Waals surface area contributed by atoms with Gasteiger partial charge in [-0.05, 0) is 42.3 Å². The summed E-state index contributed by atoms with van der Waals surface area (Å²) in [6.07, 6.45) is 1.20. The zero-order chi connectivity index (χ0) is 13.5. The largest absolute Gasteiger partial charge is 0.381 e. The van der Waals surface area contributed by atoms with Crippen molar-refractivity contribution in [2.24, 2.45) is 0 Å². The molecule has 4 rings (SSSR count). The van der Waals surface area contributed by atoms with Crippen molar-refractivity contribution in [2.45, 2.75) is 18.4 Å². The molecule has 3 heteroatoms. The summed E-state index contributed by atoms with van der Waals surface area (Å²) >= 11 is 6.32. The topological polar surface area (TPSA) is 24.1 Å². The van der Waals surface area contributed by atoms with Gasteiger partial charge < -0.3 is 10.6 Å². The SMILES string of the molecule is Clc1ccccc1-c1ccc2c(c1)[C@@H]1CNCC[C@@H]1N2. The maximum absolute atomic E-state index is 6.32. The summed E-state index contributed by atoms with van der Waals surface area (Å²) in [7, 11) is 0. The fourth-order valence-corrected chi connectivity index (χ4v) is 3.67. The van der Waals surface area contributed by atoms with E-state index >= 15 is 0 Å². The molecule has 2 nitrogen and oxygen atoms in total. The van der Waals surface area contributed by atoms with Crippen molar-refractivity contribution in [2.75, 3.05) is 18.4 Å². The molecular formula is C17H17ClN2. The normalized spacial score (nSPS) is 23.9. The van der Waals surface area contributed by atoms with E-state index in [1.165, 1.54) is 23.2 Å². The predicted molar refractivity (Wildman–Crippen MR) is 84.5 cm³/mol. The fourth-order valence-electron chi connectivity index (χ4n) is 3.42. The van der Waals surface area contributed by atoms with Gasteiger partial charge in [0.1, 0.15) is 0 Å². The van der Waals surface area contributed by atoms with E-state index in [0.717, 1.165) is 23.7 Å². The molecule has 0 unspecified atom stereocenters. The van der Waals surface area contributed by atoms with Crippen molar-refractivity contribution in [3.05, 3.63) is 53.1 Å². The minimum absolute atomic E-state index is 0.584. The molecule has 20 heavy (non-hydrogen) atoms. The molecule has 2 atom stereocenters. The van der Waals surface area contributed by atoms with E-state index in [9.17, 15) is 0 Å². The van der Waals surface area contributed by atoms with E-state index in [1.54, 1.807) is 0 Å². The smallest absolute Gasteiger partial charge is 0.0484 e. The molecule has 0 aromatic heterocycles. The maximum atomic E-state index is 6.32. The Labute approximate surface area is 124 Å². The van der Waals surface area contributed by atoms with Crippen LogP contribution >= 0.6 is 11.6 Å². The molecule has 2 aromatic carbocycles. The Morgan fingerprint density at radius 1 is 1.10 bits per heavy atom. The van der Waals surface area contributed by atoms with Gasteiger partial charge in [0.05, 0.1) is 0 Å².